The SMILES string of the molecule is CC1CN(CC(CN)CC(C)(C)C)C(C)CO1. The lowest BCUT2D eigenvalue weighted by atomic mass is 9.84. The molecule has 3 unspecified atom stereocenters. The number of ether oxygens (including phenoxy) is 1. The average molecular weight is 242 g/mol. The number of nitrogens with zero attached hydrogens (tertiary/aromatic N) is 1. The quantitative estimate of drug-likeness (QED) is 0.820. The van der Waals surface area contributed by atoms with E-state index in [0.29, 0.717) is 23.5 Å². The fourth-order valence-corrected chi connectivity index (χ4v) is 2.65. The van der Waals surface area contributed by atoms with Crippen LogP contribution >= 0.6 is 0 Å². The van der Waals surface area contributed by atoms with Crippen molar-refractivity contribution in [2.75, 3.05) is 26.2 Å². The van der Waals surface area contributed by atoms with Crippen LogP contribution in [-0.4, -0.2) is 43.3 Å². The summed E-state index contributed by atoms with van der Waals surface area (Å²) in [5.41, 5.74) is 6.29. The van der Waals surface area contributed by atoms with Crippen molar-refractivity contribution in [2.24, 2.45) is 17.1 Å². The molecule has 3 atom stereocenters. The number of morpholine rings is 1. The summed E-state index contributed by atoms with van der Waals surface area (Å²) in [6, 6.07) is 0.528. The van der Waals surface area contributed by atoms with Gasteiger partial charge in [0.05, 0.1) is 12.7 Å². The highest BCUT2D eigenvalue weighted by molar-refractivity contribution is 4.80. The molecule has 2 N–H and O–H groups in total. The van der Waals surface area contributed by atoms with Crippen molar-refractivity contribution in [2.45, 2.75) is 53.2 Å². The van der Waals surface area contributed by atoms with E-state index in [0.717, 1.165) is 26.2 Å². The van der Waals surface area contributed by atoms with Crippen molar-refractivity contribution in [1.29, 1.82) is 0 Å². The monoisotopic (exact) mass is 242 g/mol. The highest BCUT2D eigenvalue weighted by atomic mass is 16.5. The van der Waals surface area contributed by atoms with Crippen LogP contribution in [0.25, 0.3) is 0 Å². The van der Waals surface area contributed by atoms with Gasteiger partial charge in [0.25, 0.3) is 0 Å². The Hall–Kier alpha value is -0.120. The minimum absolute atomic E-state index is 0.360. The van der Waals surface area contributed by atoms with Crippen LogP contribution in [0.5, 0.6) is 0 Å². The minimum atomic E-state index is 0.360. The lowest BCUT2D eigenvalue weighted by Crippen LogP contribution is -2.50. The molecule has 0 saturated carbocycles. The number of rotatable bonds is 4. The Bertz CT molecular complexity index is 225. The van der Waals surface area contributed by atoms with Gasteiger partial charge in [-0.3, -0.25) is 4.90 Å². The molecule has 1 saturated heterocycles. The maximum atomic E-state index is 5.92. The highest BCUT2D eigenvalue weighted by Crippen LogP contribution is 2.25. The van der Waals surface area contributed by atoms with E-state index in [1.807, 2.05) is 0 Å². The summed E-state index contributed by atoms with van der Waals surface area (Å²) in [4.78, 5) is 2.54. The number of hydrogen-bond acceptors (Lipinski definition) is 3. The lowest BCUT2D eigenvalue weighted by Gasteiger charge is -2.39. The van der Waals surface area contributed by atoms with Crippen LogP contribution in [0.1, 0.15) is 41.0 Å². The van der Waals surface area contributed by atoms with E-state index >= 15 is 0 Å². The predicted molar refractivity (Wildman–Crippen MR) is 73.1 cm³/mol. The summed E-state index contributed by atoms with van der Waals surface area (Å²) >= 11 is 0. The molecule has 1 aliphatic rings. The van der Waals surface area contributed by atoms with Gasteiger partial charge in [0.2, 0.25) is 0 Å². The maximum Gasteiger partial charge on any atom is 0.0674 e. The molecule has 0 aromatic carbocycles. The Morgan fingerprint density at radius 1 is 1.35 bits per heavy atom. The Balaban J connectivity index is 2.48. The van der Waals surface area contributed by atoms with Crippen molar-refractivity contribution < 1.29 is 4.74 Å². The molecule has 0 spiro atoms. The van der Waals surface area contributed by atoms with Crippen LogP contribution in [0.4, 0.5) is 0 Å². The fourth-order valence-electron chi connectivity index (χ4n) is 2.65. The van der Waals surface area contributed by atoms with Crippen molar-refractivity contribution in [1.82, 2.24) is 4.90 Å². The summed E-state index contributed by atoms with van der Waals surface area (Å²) in [5, 5.41) is 0. The van der Waals surface area contributed by atoms with Crippen molar-refractivity contribution >= 4 is 0 Å². The van der Waals surface area contributed by atoms with Gasteiger partial charge in [0, 0.05) is 19.1 Å². The first-order valence-electron chi connectivity index (χ1n) is 6.87. The smallest absolute Gasteiger partial charge is 0.0674 e. The van der Waals surface area contributed by atoms with E-state index in [4.69, 9.17) is 10.5 Å². The molecule has 0 bridgehead atoms. The largest absolute Gasteiger partial charge is 0.376 e. The zero-order chi connectivity index (χ0) is 13.1. The van der Waals surface area contributed by atoms with Crippen LogP contribution in [0.15, 0.2) is 0 Å². The van der Waals surface area contributed by atoms with E-state index in [1.165, 1.54) is 6.42 Å². The molecule has 0 amide bonds. The summed E-state index contributed by atoms with van der Waals surface area (Å²) in [6.07, 6.45) is 1.56. The molecule has 0 aromatic rings. The second-order valence-corrected chi connectivity index (χ2v) is 6.81. The average Bonchev–Trinajstić information content (AvgIpc) is 2.20. The van der Waals surface area contributed by atoms with Gasteiger partial charge in [-0.15, -0.1) is 0 Å². The Morgan fingerprint density at radius 2 is 2.00 bits per heavy atom. The van der Waals surface area contributed by atoms with E-state index < -0.39 is 0 Å². The molecule has 0 aliphatic carbocycles. The third-order valence-corrected chi connectivity index (χ3v) is 3.46. The standard InChI is InChI=1S/C14H30N2O/c1-11-10-17-12(2)8-16(11)9-13(7-15)6-14(3,4)5/h11-13H,6-10,15H2,1-5H3. The molecule has 3 heteroatoms. The fraction of sp³-hybridized carbons (Fsp3) is 1.00. The molecule has 1 heterocycles. The van der Waals surface area contributed by atoms with Gasteiger partial charge in [-0.2, -0.15) is 0 Å². The summed E-state index contributed by atoms with van der Waals surface area (Å²) < 4.78 is 5.66. The first-order valence-corrected chi connectivity index (χ1v) is 6.87. The second-order valence-electron chi connectivity index (χ2n) is 6.81. The lowest BCUT2D eigenvalue weighted by molar-refractivity contribution is -0.0552. The van der Waals surface area contributed by atoms with Gasteiger partial charge in [-0.05, 0) is 38.1 Å². The Kier molecular flexibility index (Phi) is 5.42. The number of nitrogens with two attached hydrogens (primary N) is 1. The van der Waals surface area contributed by atoms with E-state index in [2.05, 4.69) is 39.5 Å². The van der Waals surface area contributed by atoms with E-state index in [9.17, 15) is 0 Å². The molecule has 1 rings (SSSR count). The maximum absolute atomic E-state index is 5.92. The molecule has 0 radical (unpaired) electrons. The highest BCUT2D eigenvalue weighted by Gasteiger charge is 2.27. The normalized spacial score (nSPS) is 29.3. The third-order valence-electron chi connectivity index (χ3n) is 3.46. The minimum Gasteiger partial charge on any atom is -0.376 e. The van der Waals surface area contributed by atoms with Gasteiger partial charge in [-0.25, -0.2) is 0 Å². The van der Waals surface area contributed by atoms with Gasteiger partial charge >= 0.3 is 0 Å². The Labute approximate surface area is 107 Å². The van der Waals surface area contributed by atoms with Crippen molar-refractivity contribution in [3.63, 3.8) is 0 Å². The molecule has 1 aliphatic heterocycles. The van der Waals surface area contributed by atoms with Crippen LogP contribution < -0.4 is 5.73 Å². The molecular formula is C14H30N2O. The predicted octanol–water partition coefficient (Wildman–Crippen LogP) is 2.11. The molecule has 102 valence electrons. The van der Waals surface area contributed by atoms with Gasteiger partial charge < -0.3 is 10.5 Å². The summed E-state index contributed by atoms with van der Waals surface area (Å²) in [6.45, 7) is 15.1. The van der Waals surface area contributed by atoms with Gasteiger partial charge in [0.15, 0.2) is 0 Å². The van der Waals surface area contributed by atoms with Crippen LogP contribution in [0, 0.1) is 11.3 Å². The summed E-state index contributed by atoms with van der Waals surface area (Å²) in [7, 11) is 0. The zero-order valence-electron chi connectivity index (χ0n) is 12.2. The molecule has 0 aromatic heterocycles. The molecule has 1 fully saturated rings. The first-order chi connectivity index (χ1) is 7.81. The topological polar surface area (TPSA) is 38.5 Å². The first kappa shape index (κ1) is 14.9. The summed E-state index contributed by atoms with van der Waals surface area (Å²) in [5.74, 6) is 0.600. The zero-order valence-corrected chi connectivity index (χ0v) is 12.2. The molecule has 17 heavy (non-hydrogen) atoms. The van der Waals surface area contributed by atoms with Crippen molar-refractivity contribution in [3.05, 3.63) is 0 Å². The van der Waals surface area contributed by atoms with Crippen molar-refractivity contribution in [3.8, 4) is 0 Å². The number of hydrogen-bond donors (Lipinski definition) is 1. The van der Waals surface area contributed by atoms with Crippen LogP contribution in [0.3, 0.4) is 0 Å². The Morgan fingerprint density at radius 3 is 2.53 bits per heavy atom. The van der Waals surface area contributed by atoms with E-state index in [1.54, 1.807) is 0 Å². The van der Waals surface area contributed by atoms with Crippen LogP contribution in [0.2, 0.25) is 0 Å². The van der Waals surface area contributed by atoms with E-state index in [-0.39, 0.29) is 0 Å². The van der Waals surface area contributed by atoms with Gasteiger partial charge in [-0.1, -0.05) is 20.8 Å². The second kappa shape index (κ2) is 6.17. The third kappa shape index (κ3) is 5.36. The molecular weight excluding hydrogens is 212 g/mol. The van der Waals surface area contributed by atoms with Gasteiger partial charge in [0.1, 0.15) is 0 Å². The van der Waals surface area contributed by atoms with Crippen LogP contribution in [-0.2, 0) is 4.74 Å². The molecule has 3 nitrogen and oxygen atoms in total.